The highest BCUT2D eigenvalue weighted by molar-refractivity contribution is 7.21. The van der Waals surface area contributed by atoms with Gasteiger partial charge in [0.05, 0.1) is 17.3 Å². The number of benzene rings is 4. The number of aryl methyl sites for hydroxylation is 1. The highest BCUT2D eigenvalue weighted by Crippen LogP contribution is 2.35. The van der Waals surface area contributed by atoms with Crippen molar-refractivity contribution in [3.05, 3.63) is 106 Å². The molecule has 4 aromatic carbocycles. The molecule has 0 spiro atoms. The Morgan fingerprint density at radius 3 is 2.53 bits per heavy atom. The van der Waals surface area contributed by atoms with Gasteiger partial charge in [0.25, 0.3) is 0 Å². The summed E-state index contributed by atoms with van der Waals surface area (Å²) in [5.74, 6) is 1.21. The molecule has 7 heteroatoms. The van der Waals surface area contributed by atoms with Crippen LogP contribution in [0.5, 0.6) is 11.5 Å². The molecule has 0 bridgehead atoms. The number of rotatable bonds is 8. The van der Waals surface area contributed by atoms with Crippen LogP contribution in [0.1, 0.15) is 16.7 Å². The van der Waals surface area contributed by atoms with Crippen LogP contribution >= 0.6 is 34.5 Å². The first-order valence-electron chi connectivity index (χ1n) is 11.4. The minimum absolute atomic E-state index is 0.367. The Hall–Kier alpha value is -3.25. The maximum absolute atomic E-state index is 6.58. The van der Waals surface area contributed by atoms with Gasteiger partial charge >= 0.3 is 0 Å². The normalized spacial score (nSPS) is 11.0. The summed E-state index contributed by atoms with van der Waals surface area (Å²) in [5.41, 5.74) is 6.25. The molecule has 0 radical (unpaired) electrons. The molecule has 4 nitrogen and oxygen atoms in total. The topological polar surface area (TPSA) is 43.4 Å². The van der Waals surface area contributed by atoms with Gasteiger partial charge in [0.15, 0.2) is 11.5 Å². The van der Waals surface area contributed by atoms with E-state index in [1.54, 1.807) is 24.5 Å². The lowest BCUT2D eigenvalue weighted by Crippen LogP contribution is -2.03. The third-order valence-electron chi connectivity index (χ3n) is 5.77. The molecule has 0 amide bonds. The van der Waals surface area contributed by atoms with Crippen LogP contribution in [0.2, 0.25) is 10.0 Å². The van der Waals surface area contributed by atoms with Crippen molar-refractivity contribution in [1.82, 2.24) is 4.98 Å². The number of nitrogens with zero attached hydrogens (tertiary/aromatic N) is 1. The number of thiazole rings is 1. The number of fused-ring (bicyclic) bond motifs is 1. The van der Waals surface area contributed by atoms with Gasteiger partial charge in [-0.15, -0.1) is 11.3 Å². The Morgan fingerprint density at radius 2 is 1.75 bits per heavy atom. The van der Waals surface area contributed by atoms with E-state index in [-0.39, 0.29) is 0 Å². The summed E-state index contributed by atoms with van der Waals surface area (Å²) >= 11 is 14.4. The number of hydrogen-bond acceptors (Lipinski definition) is 5. The van der Waals surface area contributed by atoms with Gasteiger partial charge in [0.1, 0.15) is 11.6 Å². The van der Waals surface area contributed by atoms with Gasteiger partial charge in [-0.25, -0.2) is 4.98 Å². The van der Waals surface area contributed by atoms with Gasteiger partial charge in [0.2, 0.25) is 0 Å². The molecule has 0 saturated carbocycles. The quantitative estimate of drug-likeness (QED) is 0.216. The molecule has 0 saturated heterocycles. The monoisotopic (exact) mass is 534 g/mol. The summed E-state index contributed by atoms with van der Waals surface area (Å²) in [6.07, 6.45) is 0. The molecule has 0 aliphatic carbocycles. The molecule has 0 fully saturated rings. The zero-order valence-corrected chi connectivity index (χ0v) is 22.2. The Kier molecular flexibility index (Phi) is 7.33. The van der Waals surface area contributed by atoms with Crippen LogP contribution in [0.25, 0.3) is 20.8 Å². The molecule has 0 aliphatic heterocycles. The third kappa shape index (κ3) is 5.59. The van der Waals surface area contributed by atoms with Gasteiger partial charge in [-0.3, -0.25) is 0 Å². The number of halogens is 2. The summed E-state index contributed by atoms with van der Waals surface area (Å²) in [6, 6.07) is 25.9. The molecule has 0 aliphatic rings. The zero-order valence-electron chi connectivity index (χ0n) is 19.8. The Bertz CT molecular complexity index is 1520. The standard InChI is InChI=1S/C29H24Cl2N2O2S/c1-18-6-11-25-28(12-18)36-29(33-25)20-7-9-23(10-8-20)32-16-21-14-26(34-2)27(15-24(21)31)35-17-19-4-3-5-22(30)13-19/h3-15,32H,16-17H2,1-2H3. The van der Waals surface area contributed by atoms with Gasteiger partial charge in [-0.05, 0) is 78.2 Å². The Labute approximate surface area is 224 Å². The predicted molar refractivity (Wildman–Crippen MR) is 151 cm³/mol. The van der Waals surface area contributed by atoms with E-state index in [9.17, 15) is 0 Å². The molecule has 1 N–H and O–H groups in total. The molecule has 5 aromatic rings. The highest BCUT2D eigenvalue weighted by Gasteiger charge is 2.12. The first-order chi connectivity index (χ1) is 17.5. The first-order valence-corrected chi connectivity index (χ1v) is 13.0. The lowest BCUT2D eigenvalue weighted by Gasteiger charge is -2.15. The fourth-order valence-corrected chi connectivity index (χ4v) is 5.36. The third-order valence-corrected chi connectivity index (χ3v) is 7.43. The Morgan fingerprint density at radius 1 is 0.917 bits per heavy atom. The van der Waals surface area contributed by atoms with Crippen LogP contribution < -0.4 is 14.8 Å². The van der Waals surface area contributed by atoms with Crippen LogP contribution in [0, 0.1) is 6.92 Å². The van der Waals surface area contributed by atoms with E-state index >= 15 is 0 Å². The van der Waals surface area contributed by atoms with E-state index in [4.69, 9.17) is 37.7 Å². The van der Waals surface area contributed by atoms with Crippen molar-refractivity contribution in [2.24, 2.45) is 0 Å². The van der Waals surface area contributed by atoms with E-state index in [1.807, 2.05) is 30.3 Å². The summed E-state index contributed by atoms with van der Waals surface area (Å²) < 4.78 is 12.7. The van der Waals surface area contributed by atoms with Crippen LogP contribution in [0.3, 0.4) is 0 Å². The highest BCUT2D eigenvalue weighted by atomic mass is 35.5. The lowest BCUT2D eigenvalue weighted by molar-refractivity contribution is 0.284. The van der Waals surface area contributed by atoms with Gasteiger partial charge < -0.3 is 14.8 Å². The van der Waals surface area contributed by atoms with Crippen LogP contribution in [0.15, 0.2) is 78.9 Å². The summed E-state index contributed by atoms with van der Waals surface area (Å²) in [6.45, 7) is 3.01. The molecular formula is C29H24Cl2N2O2S. The summed E-state index contributed by atoms with van der Waals surface area (Å²) in [4.78, 5) is 4.77. The molecule has 36 heavy (non-hydrogen) atoms. The maximum atomic E-state index is 6.58. The minimum atomic E-state index is 0.367. The van der Waals surface area contributed by atoms with E-state index in [2.05, 4.69) is 54.7 Å². The van der Waals surface area contributed by atoms with Crippen molar-refractivity contribution >= 4 is 50.4 Å². The van der Waals surface area contributed by atoms with Crippen molar-refractivity contribution in [2.45, 2.75) is 20.1 Å². The smallest absolute Gasteiger partial charge is 0.163 e. The Balaban J connectivity index is 1.26. The zero-order chi connectivity index (χ0) is 25.1. The second-order valence-electron chi connectivity index (χ2n) is 8.43. The van der Waals surface area contributed by atoms with Crippen molar-refractivity contribution in [2.75, 3.05) is 12.4 Å². The van der Waals surface area contributed by atoms with E-state index in [0.717, 1.165) is 32.9 Å². The van der Waals surface area contributed by atoms with Gasteiger partial charge in [-0.2, -0.15) is 0 Å². The van der Waals surface area contributed by atoms with Crippen molar-refractivity contribution < 1.29 is 9.47 Å². The average molecular weight is 535 g/mol. The van der Waals surface area contributed by atoms with Crippen LogP contribution in [-0.2, 0) is 13.2 Å². The molecular weight excluding hydrogens is 511 g/mol. The van der Waals surface area contributed by atoms with Crippen LogP contribution in [0.4, 0.5) is 5.69 Å². The predicted octanol–water partition coefficient (Wildman–Crippen LogP) is 8.78. The second-order valence-corrected chi connectivity index (χ2v) is 10.3. The molecule has 0 atom stereocenters. The number of ether oxygens (including phenoxy) is 2. The second kappa shape index (κ2) is 10.8. The minimum Gasteiger partial charge on any atom is -0.493 e. The molecule has 1 heterocycles. The molecule has 1 aromatic heterocycles. The van der Waals surface area contributed by atoms with Gasteiger partial charge in [0, 0.05) is 33.9 Å². The van der Waals surface area contributed by atoms with E-state index in [0.29, 0.717) is 34.7 Å². The lowest BCUT2D eigenvalue weighted by atomic mass is 10.1. The fourth-order valence-electron chi connectivity index (χ4n) is 3.86. The van der Waals surface area contributed by atoms with Crippen LogP contribution in [-0.4, -0.2) is 12.1 Å². The average Bonchev–Trinajstić information content (AvgIpc) is 3.30. The fraction of sp³-hybridized carbons (Fsp3) is 0.138. The molecule has 5 rings (SSSR count). The van der Waals surface area contributed by atoms with Gasteiger partial charge in [-0.1, -0.05) is 41.4 Å². The summed E-state index contributed by atoms with van der Waals surface area (Å²) in [5, 5.41) is 5.73. The number of methoxy groups -OCH3 is 1. The van der Waals surface area contributed by atoms with Crippen molar-refractivity contribution in [3.63, 3.8) is 0 Å². The number of hydrogen-bond donors (Lipinski definition) is 1. The SMILES string of the molecule is COc1cc(CNc2ccc(-c3nc4ccc(C)cc4s3)cc2)c(Cl)cc1OCc1cccc(Cl)c1. The van der Waals surface area contributed by atoms with E-state index in [1.165, 1.54) is 10.3 Å². The summed E-state index contributed by atoms with van der Waals surface area (Å²) in [7, 11) is 1.62. The molecule has 0 unspecified atom stereocenters. The maximum Gasteiger partial charge on any atom is 0.163 e. The van der Waals surface area contributed by atoms with Crippen molar-refractivity contribution in [1.29, 1.82) is 0 Å². The van der Waals surface area contributed by atoms with Crippen molar-refractivity contribution in [3.8, 4) is 22.1 Å². The number of anilines is 1. The van der Waals surface area contributed by atoms with E-state index < -0.39 is 0 Å². The first kappa shape index (κ1) is 24.4. The molecule has 182 valence electrons. The number of nitrogens with one attached hydrogen (secondary N) is 1. The number of aromatic nitrogens is 1. The largest absolute Gasteiger partial charge is 0.493 e.